The van der Waals surface area contributed by atoms with Gasteiger partial charge in [0.25, 0.3) is 0 Å². The second-order valence-corrected chi connectivity index (χ2v) is 4.00. The third kappa shape index (κ3) is 2.27. The molecule has 86 valence electrons. The van der Waals surface area contributed by atoms with E-state index in [0.29, 0.717) is 31.9 Å². The SMILES string of the molecule is O=C(Cl)N1CCN(c2ccccc2F)CC1. The maximum Gasteiger partial charge on any atom is 0.316 e. The number of para-hydroxylation sites is 1. The average Bonchev–Trinajstić information content (AvgIpc) is 2.30. The van der Waals surface area contributed by atoms with Crippen LogP contribution in [0.5, 0.6) is 0 Å². The predicted octanol–water partition coefficient (Wildman–Crippen LogP) is 2.31. The fourth-order valence-corrected chi connectivity index (χ4v) is 2.00. The topological polar surface area (TPSA) is 23.6 Å². The first-order valence-electron chi connectivity index (χ1n) is 5.12. The van der Waals surface area contributed by atoms with Gasteiger partial charge in [0.2, 0.25) is 0 Å². The van der Waals surface area contributed by atoms with E-state index >= 15 is 0 Å². The minimum Gasteiger partial charge on any atom is -0.366 e. The zero-order chi connectivity index (χ0) is 11.5. The third-order valence-electron chi connectivity index (χ3n) is 2.72. The molecule has 16 heavy (non-hydrogen) atoms. The van der Waals surface area contributed by atoms with Gasteiger partial charge in [0.05, 0.1) is 5.69 Å². The molecule has 0 bridgehead atoms. The highest BCUT2D eigenvalue weighted by Crippen LogP contribution is 2.20. The molecule has 1 aromatic rings. The number of hydrogen-bond acceptors (Lipinski definition) is 2. The maximum absolute atomic E-state index is 13.5. The summed E-state index contributed by atoms with van der Waals surface area (Å²) in [5.74, 6) is -0.229. The van der Waals surface area contributed by atoms with Crippen molar-refractivity contribution < 1.29 is 9.18 Å². The summed E-state index contributed by atoms with van der Waals surface area (Å²) in [7, 11) is 0. The van der Waals surface area contributed by atoms with Gasteiger partial charge in [0.15, 0.2) is 0 Å². The summed E-state index contributed by atoms with van der Waals surface area (Å²) in [4.78, 5) is 14.4. The van der Waals surface area contributed by atoms with Crippen LogP contribution >= 0.6 is 11.6 Å². The molecule has 0 spiro atoms. The number of nitrogens with zero attached hydrogens (tertiary/aromatic N) is 2. The molecule has 0 unspecified atom stereocenters. The van der Waals surface area contributed by atoms with E-state index in [1.807, 2.05) is 4.90 Å². The number of halogens is 2. The summed E-state index contributed by atoms with van der Waals surface area (Å²) in [6.07, 6.45) is 0. The van der Waals surface area contributed by atoms with Crippen LogP contribution in [0.2, 0.25) is 0 Å². The predicted molar refractivity (Wildman–Crippen MR) is 61.4 cm³/mol. The highest BCUT2D eigenvalue weighted by molar-refractivity contribution is 6.62. The Kier molecular flexibility index (Phi) is 3.29. The first kappa shape index (κ1) is 11.2. The Labute approximate surface area is 98.4 Å². The summed E-state index contributed by atoms with van der Waals surface area (Å²) in [6, 6.07) is 6.65. The van der Waals surface area contributed by atoms with Gasteiger partial charge in [-0.05, 0) is 23.7 Å². The van der Waals surface area contributed by atoms with Crippen molar-refractivity contribution in [1.29, 1.82) is 0 Å². The second-order valence-electron chi connectivity index (χ2n) is 3.68. The van der Waals surface area contributed by atoms with Crippen molar-refractivity contribution in [3.05, 3.63) is 30.1 Å². The molecule has 1 saturated heterocycles. The Balaban J connectivity index is 2.05. The van der Waals surface area contributed by atoms with Crippen molar-refractivity contribution in [3.8, 4) is 0 Å². The zero-order valence-corrected chi connectivity index (χ0v) is 9.45. The van der Waals surface area contributed by atoms with Crippen LogP contribution < -0.4 is 4.90 Å². The van der Waals surface area contributed by atoms with Gasteiger partial charge in [0, 0.05) is 26.2 Å². The van der Waals surface area contributed by atoms with Gasteiger partial charge in [-0.2, -0.15) is 0 Å². The van der Waals surface area contributed by atoms with Gasteiger partial charge in [0.1, 0.15) is 5.82 Å². The van der Waals surface area contributed by atoms with Crippen molar-refractivity contribution in [1.82, 2.24) is 4.90 Å². The fraction of sp³-hybridized carbons (Fsp3) is 0.364. The van der Waals surface area contributed by atoms with E-state index in [1.165, 1.54) is 6.07 Å². The van der Waals surface area contributed by atoms with Gasteiger partial charge in [-0.25, -0.2) is 4.39 Å². The lowest BCUT2D eigenvalue weighted by Gasteiger charge is -2.35. The van der Waals surface area contributed by atoms with Crippen molar-refractivity contribution in [2.24, 2.45) is 0 Å². The van der Waals surface area contributed by atoms with Crippen LogP contribution in [0.3, 0.4) is 0 Å². The lowest BCUT2D eigenvalue weighted by molar-refractivity contribution is 0.218. The normalized spacial score (nSPS) is 16.4. The van der Waals surface area contributed by atoms with Crippen LogP contribution in [0.25, 0.3) is 0 Å². The van der Waals surface area contributed by atoms with E-state index in [9.17, 15) is 9.18 Å². The molecule has 1 aliphatic heterocycles. The Hall–Kier alpha value is -1.29. The van der Waals surface area contributed by atoms with Crippen LogP contribution in [0.15, 0.2) is 24.3 Å². The van der Waals surface area contributed by atoms with Gasteiger partial charge in [-0.1, -0.05) is 12.1 Å². The molecule has 2 rings (SSSR count). The molecule has 0 radical (unpaired) electrons. The van der Waals surface area contributed by atoms with E-state index in [1.54, 1.807) is 23.1 Å². The van der Waals surface area contributed by atoms with Gasteiger partial charge >= 0.3 is 5.37 Å². The first-order valence-corrected chi connectivity index (χ1v) is 5.50. The lowest BCUT2D eigenvalue weighted by atomic mass is 10.2. The third-order valence-corrected chi connectivity index (χ3v) is 2.96. The number of carbonyl (C=O) groups is 1. The van der Waals surface area contributed by atoms with E-state index in [2.05, 4.69) is 0 Å². The number of anilines is 1. The van der Waals surface area contributed by atoms with E-state index < -0.39 is 5.37 Å². The van der Waals surface area contributed by atoms with Crippen molar-refractivity contribution >= 4 is 22.7 Å². The lowest BCUT2D eigenvalue weighted by Crippen LogP contribution is -2.47. The Bertz CT molecular complexity index is 391. The molecule has 0 N–H and O–H groups in total. The van der Waals surface area contributed by atoms with Crippen LogP contribution in [0.4, 0.5) is 14.9 Å². The number of hydrogen-bond donors (Lipinski definition) is 0. The summed E-state index contributed by atoms with van der Waals surface area (Å²) in [5, 5.41) is -0.437. The van der Waals surface area contributed by atoms with Crippen LogP contribution in [-0.2, 0) is 0 Å². The molecule has 1 fully saturated rings. The molecule has 1 amide bonds. The van der Waals surface area contributed by atoms with E-state index in [0.717, 1.165) is 0 Å². The molecule has 3 nitrogen and oxygen atoms in total. The number of rotatable bonds is 1. The molecule has 1 aromatic carbocycles. The zero-order valence-electron chi connectivity index (χ0n) is 8.70. The van der Waals surface area contributed by atoms with Gasteiger partial charge in [-0.3, -0.25) is 4.79 Å². The first-order chi connectivity index (χ1) is 7.68. The van der Waals surface area contributed by atoms with Gasteiger partial charge < -0.3 is 9.80 Å². The largest absolute Gasteiger partial charge is 0.366 e. The monoisotopic (exact) mass is 242 g/mol. The summed E-state index contributed by atoms with van der Waals surface area (Å²) >= 11 is 5.38. The van der Waals surface area contributed by atoms with Gasteiger partial charge in [-0.15, -0.1) is 0 Å². The van der Waals surface area contributed by atoms with E-state index in [-0.39, 0.29) is 5.82 Å². The maximum atomic E-state index is 13.5. The average molecular weight is 243 g/mol. The molecular weight excluding hydrogens is 231 g/mol. The summed E-state index contributed by atoms with van der Waals surface area (Å²) in [6.45, 7) is 2.30. The smallest absolute Gasteiger partial charge is 0.316 e. The molecule has 0 atom stereocenters. The van der Waals surface area contributed by atoms with Crippen LogP contribution in [0, 0.1) is 5.82 Å². The summed E-state index contributed by atoms with van der Waals surface area (Å²) in [5.41, 5.74) is 0.587. The standard InChI is InChI=1S/C11H12ClFN2O/c12-11(16)15-7-5-14(6-8-15)10-4-2-1-3-9(10)13/h1-4H,5-8H2. The molecule has 0 saturated carbocycles. The van der Waals surface area contributed by atoms with Crippen molar-refractivity contribution in [3.63, 3.8) is 0 Å². The van der Waals surface area contributed by atoms with Crippen LogP contribution in [0.1, 0.15) is 0 Å². The Morgan fingerprint density at radius 2 is 1.81 bits per heavy atom. The van der Waals surface area contributed by atoms with Crippen molar-refractivity contribution in [2.45, 2.75) is 0 Å². The van der Waals surface area contributed by atoms with Crippen LogP contribution in [-0.4, -0.2) is 36.4 Å². The minimum absolute atomic E-state index is 0.229. The minimum atomic E-state index is -0.437. The number of piperazine rings is 1. The van der Waals surface area contributed by atoms with Crippen molar-refractivity contribution in [2.75, 3.05) is 31.1 Å². The Morgan fingerprint density at radius 3 is 2.38 bits per heavy atom. The molecule has 1 aliphatic rings. The Morgan fingerprint density at radius 1 is 1.19 bits per heavy atom. The molecule has 1 heterocycles. The second kappa shape index (κ2) is 4.70. The quantitative estimate of drug-likeness (QED) is 0.557. The summed E-state index contributed by atoms with van der Waals surface area (Å²) < 4.78 is 13.5. The molecule has 5 heteroatoms. The number of carbonyl (C=O) groups excluding carboxylic acids is 1. The molecule has 0 aliphatic carbocycles. The fourth-order valence-electron chi connectivity index (χ4n) is 1.83. The molecule has 0 aromatic heterocycles. The highest BCUT2D eigenvalue weighted by Gasteiger charge is 2.21. The highest BCUT2D eigenvalue weighted by atomic mass is 35.5. The number of benzene rings is 1. The molecular formula is C11H12ClFN2O. The number of amides is 1. The van der Waals surface area contributed by atoms with E-state index in [4.69, 9.17) is 11.6 Å².